The van der Waals surface area contributed by atoms with Gasteiger partial charge in [0.1, 0.15) is 11.5 Å². The van der Waals surface area contributed by atoms with E-state index in [0.29, 0.717) is 21.5 Å². The van der Waals surface area contributed by atoms with E-state index in [1.165, 1.54) is 0 Å². The van der Waals surface area contributed by atoms with Crippen molar-refractivity contribution in [3.05, 3.63) is 63.9 Å². The second-order valence-electron chi connectivity index (χ2n) is 5.86. The highest BCUT2D eigenvalue weighted by molar-refractivity contribution is 7.98. The first-order valence-corrected chi connectivity index (χ1v) is 9.99. The van der Waals surface area contributed by atoms with Crippen molar-refractivity contribution in [1.29, 1.82) is 0 Å². The fourth-order valence-electron chi connectivity index (χ4n) is 2.52. The van der Waals surface area contributed by atoms with E-state index < -0.39 is 0 Å². The molecule has 3 rings (SSSR count). The zero-order chi connectivity index (χ0) is 19.4. The summed E-state index contributed by atoms with van der Waals surface area (Å²) in [5, 5.41) is 10.6. The number of benzene rings is 2. The first kappa shape index (κ1) is 19.9. The molecule has 5 nitrogen and oxygen atoms in total. The summed E-state index contributed by atoms with van der Waals surface area (Å²) in [6.45, 7) is 1.94. The van der Waals surface area contributed by atoms with Crippen LogP contribution in [-0.4, -0.2) is 21.9 Å². The van der Waals surface area contributed by atoms with Crippen molar-refractivity contribution >= 4 is 35.0 Å². The van der Waals surface area contributed by atoms with Gasteiger partial charge in [0, 0.05) is 28.9 Å². The van der Waals surface area contributed by atoms with Crippen LogP contribution in [0.5, 0.6) is 11.5 Å². The van der Waals surface area contributed by atoms with E-state index >= 15 is 0 Å². The van der Waals surface area contributed by atoms with Crippen LogP contribution in [0.4, 0.5) is 0 Å². The third kappa shape index (κ3) is 4.89. The molecule has 1 unspecified atom stereocenters. The van der Waals surface area contributed by atoms with E-state index in [1.807, 2.05) is 54.9 Å². The van der Waals surface area contributed by atoms with Crippen LogP contribution in [0.15, 0.2) is 47.6 Å². The van der Waals surface area contributed by atoms with E-state index in [0.717, 1.165) is 22.3 Å². The Balaban J connectivity index is 1.68. The number of aromatic nitrogens is 3. The molecule has 0 amide bonds. The molecule has 0 fully saturated rings. The SMILES string of the molecule is COc1cccc(OC(C)c2nnc(SCc3ccc(Cl)cc3Cl)n2C)c1. The number of thioether (sulfide) groups is 1. The number of methoxy groups -OCH3 is 1. The van der Waals surface area contributed by atoms with Crippen LogP contribution in [0.1, 0.15) is 24.4 Å². The van der Waals surface area contributed by atoms with E-state index in [4.69, 9.17) is 32.7 Å². The van der Waals surface area contributed by atoms with Crippen molar-refractivity contribution in [3.8, 4) is 11.5 Å². The average molecular weight is 424 g/mol. The summed E-state index contributed by atoms with van der Waals surface area (Å²) in [4.78, 5) is 0. The summed E-state index contributed by atoms with van der Waals surface area (Å²) in [6.07, 6.45) is -0.261. The maximum absolute atomic E-state index is 6.24. The molecule has 8 heteroatoms. The van der Waals surface area contributed by atoms with Crippen LogP contribution >= 0.6 is 35.0 Å². The molecule has 1 aromatic heterocycles. The highest BCUT2D eigenvalue weighted by Gasteiger charge is 2.18. The molecule has 1 heterocycles. The molecule has 142 valence electrons. The fraction of sp³-hybridized carbons (Fsp3) is 0.263. The van der Waals surface area contributed by atoms with Gasteiger partial charge in [0.15, 0.2) is 17.1 Å². The molecule has 0 aliphatic carbocycles. The zero-order valence-corrected chi connectivity index (χ0v) is 17.5. The number of hydrogen-bond acceptors (Lipinski definition) is 5. The molecule has 3 aromatic rings. The molecule has 27 heavy (non-hydrogen) atoms. The number of rotatable bonds is 7. The van der Waals surface area contributed by atoms with Crippen molar-refractivity contribution in [1.82, 2.24) is 14.8 Å². The number of nitrogens with zero attached hydrogens (tertiary/aromatic N) is 3. The topological polar surface area (TPSA) is 49.2 Å². The van der Waals surface area contributed by atoms with Gasteiger partial charge < -0.3 is 14.0 Å². The third-order valence-electron chi connectivity index (χ3n) is 3.96. The molecule has 0 bridgehead atoms. The summed E-state index contributed by atoms with van der Waals surface area (Å²) in [5.74, 6) is 2.87. The van der Waals surface area contributed by atoms with Gasteiger partial charge >= 0.3 is 0 Å². The Morgan fingerprint density at radius 1 is 1.11 bits per heavy atom. The van der Waals surface area contributed by atoms with Crippen LogP contribution in [-0.2, 0) is 12.8 Å². The molecule has 0 N–H and O–H groups in total. The van der Waals surface area contributed by atoms with Gasteiger partial charge in [-0.1, -0.05) is 47.1 Å². The second-order valence-corrected chi connectivity index (χ2v) is 7.65. The van der Waals surface area contributed by atoms with Crippen LogP contribution in [0, 0.1) is 0 Å². The van der Waals surface area contributed by atoms with Crippen LogP contribution in [0.2, 0.25) is 10.0 Å². The lowest BCUT2D eigenvalue weighted by Gasteiger charge is -2.15. The van der Waals surface area contributed by atoms with E-state index in [9.17, 15) is 0 Å². The number of ether oxygens (including phenoxy) is 2. The quantitative estimate of drug-likeness (QED) is 0.465. The monoisotopic (exact) mass is 423 g/mol. The van der Waals surface area contributed by atoms with Crippen molar-refractivity contribution in [2.24, 2.45) is 7.05 Å². The number of hydrogen-bond donors (Lipinski definition) is 0. The van der Waals surface area contributed by atoms with Crippen LogP contribution < -0.4 is 9.47 Å². The largest absolute Gasteiger partial charge is 0.497 e. The molecule has 0 spiro atoms. The Labute approximate surface area is 172 Å². The molecule has 2 aromatic carbocycles. The van der Waals surface area contributed by atoms with Gasteiger partial charge in [0.05, 0.1) is 7.11 Å². The van der Waals surface area contributed by atoms with Crippen molar-refractivity contribution < 1.29 is 9.47 Å². The summed E-state index contributed by atoms with van der Waals surface area (Å²) in [7, 11) is 3.55. The Kier molecular flexibility index (Phi) is 6.52. The van der Waals surface area contributed by atoms with Crippen LogP contribution in [0.3, 0.4) is 0 Å². The molecule has 0 saturated heterocycles. The zero-order valence-electron chi connectivity index (χ0n) is 15.1. The third-order valence-corrected chi connectivity index (χ3v) is 5.61. The minimum atomic E-state index is -0.261. The lowest BCUT2D eigenvalue weighted by atomic mass is 10.2. The first-order chi connectivity index (χ1) is 13.0. The summed E-state index contributed by atoms with van der Waals surface area (Å²) >= 11 is 13.7. The van der Waals surface area contributed by atoms with Gasteiger partial charge in [0.25, 0.3) is 0 Å². The molecule has 0 radical (unpaired) electrons. The van der Waals surface area contributed by atoms with E-state index in [1.54, 1.807) is 24.9 Å². The lowest BCUT2D eigenvalue weighted by Crippen LogP contribution is -2.10. The molecular weight excluding hydrogens is 405 g/mol. The summed E-state index contributed by atoms with van der Waals surface area (Å²) in [6, 6.07) is 13.0. The van der Waals surface area contributed by atoms with Gasteiger partial charge in [-0.2, -0.15) is 0 Å². The van der Waals surface area contributed by atoms with E-state index in [2.05, 4.69) is 10.2 Å². The molecule has 0 aliphatic rings. The summed E-state index contributed by atoms with van der Waals surface area (Å²) < 4.78 is 13.1. The fourth-order valence-corrected chi connectivity index (χ4v) is 3.99. The van der Waals surface area contributed by atoms with Gasteiger partial charge in [-0.3, -0.25) is 0 Å². The highest BCUT2D eigenvalue weighted by atomic mass is 35.5. The Bertz CT molecular complexity index is 933. The van der Waals surface area contributed by atoms with Crippen LogP contribution in [0.25, 0.3) is 0 Å². The van der Waals surface area contributed by atoms with Gasteiger partial charge in [-0.05, 0) is 36.8 Å². The van der Waals surface area contributed by atoms with Gasteiger partial charge in [-0.25, -0.2) is 0 Å². The van der Waals surface area contributed by atoms with Crippen molar-refractivity contribution in [2.45, 2.75) is 23.9 Å². The van der Waals surface area contributed by atoms with Gasteiger partial charge in [-0.15, -0.1) is 10.2 Å². The Hall–Kier alpha value is -1.89. The molecular formula is C19H19Cl2N3O2S. The maximum Gasteiger partial charge on any atom is 0.191 e. The first-order valence-electron chi connectivity index (χ1n) is 8.24. The predicted molar refractivity (Wildman–Crippen MR) is 109 cm³/mol. The molecule has 0 aliphatic heterocycles. The molecule has 0 saturated carbocycles. The van der Waals surface area contributed by atoms with Gasteiger partial charge in [0.2, 0.25) is 0 Å². The standard InChI is InChI=1S/C19H19Cl2N3O2S/c1-12(26-16-6-4-5-15(10-16)25-3)18-22-23-19(24(18)2)27-11-13-7-8-14(20)9-17(13)21/h4-10,12H,11H2,1-3H3. The predicted octanol–water partition coefficient (Wildman–Crippen LogP) is 5.56. The minimum absolute atomic E-state index is 0.261. The summed E-state index contributed by atoms with van der Waals surface area (Å²) in [5.41, 5.74) is 0.997. The second kappa shape index (κ2) is 8.87. The van der Waals surface area contributed by atoms with E-state index in [-0.39, 0.29) is 6.10 Å². The minimum Gasteiger partial charge on any atom is -0.497 e. The highest BCUT2D eigenvalue weighted by Crippen LogP contribution is 2.29. The maximum atomic E-state index is 6.24. The number of halogens is 2. The Morgan fingerprint density at radius 3 is 2.63 bits per heavy atom. The Morgan fingerprint density at radius 2 is 1.89 bits per heavy atom. The lowest BCUT2D eigenvalue weighted by molar-refractivity contribution is 0.210. The van der Waals surface area contributed by atoms with Crippen molar-refractivity contribution in [3.63, 3.8) is 0 Å². The average Bonchev–Trinajstić information content (AvgIpc) is 3.02. The molecule has 1 atom stereocenters. The smallest absolute Gasteiger partial charge is 0.191 e. The normalized spacial score (nSPS) is 12.0. The van der Waals surface area contributed by atoms with Crippen molar-refractivity contribution in [2.75, 3.05) is 7.11 Å².